The van der Waals surface area contributed by atoms with Crippen LogP contribution >= 0.6 is 34.4 Å². The molecule has 2 amide bonds. The van der Waals surface area contributed by atoms with E-state index in [0.29, 0.717) is 10.7 Å². The van der Waals surface area contributed by atoms with E-state index in [0.717, 1.165) is 32.0 Å². The quantitative estimate of drug-likeness (QED) is 0.149. The van der Waals surface area contributed by atoms with Gasteiger partial charge in [-0.3, -0.25) is 24.6 Å². The molecule has 0 atom stereocenters. The molecule has 166 valence electrons. The Morgan fingerprint density at radius 2 is 1.70 bits per heavy atom. The molecule has 1 heterocycles. The van der Waals surface area contributed by atoms with Crippen molar-refractivity contribution in [3.05, 3.63) is 108 Å². The number of ether oxygens (including phenoxy) is 1. The number of halogens is 1. The van der Waals surface area contributed by atoms with Crippen molar-refractivity contribution >= 4 is 57.3 Å². The van der Waals surface area contributed by atoms with Gasteiger partial charge in [-0.25, -0.2) is 0 Å². The van der Waals surface area contributed by atoms with E-state index in [2.05, 4.69) is 22.6 Å². The molecular weight excluding hydrogens is 555 g/mol. The van der Waals surface area contributed by atoms with Crippen LogP contribution in [0.5, 0.6) is 5.75 Å². The van der Waals surface area contributed by atoms with Crippen LogP contribution in [0.15, 0.2) is 77.7 Å². The van der Waals surface area contributed by atoms with Gasteiger partial charge in [-0.2, -0.15) is 0 Å². The van der Waals surface area contributed by atoms with Crippen LogP contribution in [0.3, 0.4) is 0 Å². The number of hydrogen-bond acceptors (Lipinski definition) is 6. The molecule has 3 aromatic carbocycles. The van der Waals surface area contributed by atoms with E-state index < -0.39 is 4.92 Å². The van der Waals surface area contributed by atoms with Crippen LogP contribution < -0.4 is 4.74 Å². The van der Waals surface area contributed by atoms with E-state index >= 15 is 0 Å². The van der Waals surface area contributed by atoms with Crippen LogP contribution in [0.4, 0.5) is 10.5 Å². The van der Waals surface area contributed by atoms with Crippen molar-refractivity contribution in [1.82, 2.24) is 4.90 Å². The highest BCUT2D eigenvalue weighted by atomic mass is 127. The lowest BCUT2D eigenvalue weighted by atomic mass is 10.2. The molecule has 1 aliphatic rings. The monoisotopic (exact) mass is 572 g/mol. The number of nitrogens with zero attached hydrogens (tertiary/aromatic N) is 2. The standard InChI is InChI=1S/C24H17IN2O5S/c25-19-8-4-16(5-9-19)14-26-23(28)22(33-24(26)29)13-18-2-1-3-21(12-18)32-15-17-6-10-20(11-7-17)27(30)31/h1-13H,14-15H2/b22-13+. The zero-order valence-electron chi connectivity index (χ0n) is 17.1. The first-order valence-electron chi connectivity index (χ1n) is 9.85. The van der Waals surface area contributed by atoms with Crippen LogP contribution in [0.25, 0.3) is 6.08 Å². The summed E-state index contributed by atoms with van der Waals surface area (Å²) in [5, 5.41) is 10.5. The summed E-state index contributed by atoms with van der Waals surface area (Å²) in [6.45, 7) is 0.477. The summed E-state index contributed by atoms with van der Waals surface area (Å²) in [6.07, 6.45) is 1.68. The normalized spacial score (nSPS) is 14.7. The molecule has 1 aliphatic heterocycles. The predicted molar refractivity (Wildman–Crippen MR) is 135 cm³/mol. The number of imide groups is 1. The second-order valence-electron chi connectivity index (χ2n) is 7.18. The fourth-order valence-electron chi connectivity index (χ4n) is 3.13. The average Bonchev–Trinajstić information content (AvgIpc) is 3.07. The number of nitro groups is 1. The minimum Gasteiger partial charge on any atom is -0.489 e. The second-order valence-corrected chi connectivity index (χ2v) is 9.42. The van der Waals surface area contributed by atoms with Crippen molar-refractivity contribution < 1.29 is 19.2 Å². The zero-order valence-corrected chi connectivity index (χ0v) is 20.1. The van der Waals surface area contributed by atoms with E-state index in [-0.39, 0.29) is 30.0 Å². The lowest BCUT2D eigenvalue weighted by Crippen LogP contribution is -2.27. The Hall–Kier alpha value is -3.18. The number of rotatable bonds is 7. The number of hydrogen-bond donors (Lipinski definition) is 0. The first-order chi connectivity index (χ1) is 15.9. The van der Waals surface area contributed by atoms with Gasteiger partial charge in [-0.15, -0.1) is 0 Å². The van der Waals surface area contributed by atoms with Crippen LogP contribution in [0, 0.1) is 13.7 Å². The van der Waals surface area contributed by atoms with Crippen molar-refractivity contribution in [2.75, 3.05) is 0 Å². The van der Waals surface area contributed by atoms with Gasteiger partial charge in [0.15, 0.2) is 0 Å². The number of thioether (sulfide) groups is 1. The third-order valence-electron chi connectivity index (χ3n) is 4.84. The van der Waals surface area contributed by atoms with Crippen molar-refractivity contribution in [2.45, 2.75) is 13.2 Å². The van der Waals surface area contributed by atoms with Crippen LogP contribution in [0.2, 0.25) is 0 Å². The van der Waals surface area contributed by atoms with Crippen LogP contribution in [0.1, 0.15) is 16.7 Å². The SMILES string of the molecule is O=C1S/C(=C/c2cccc(OCc3ccc([N+](=O)[O-])cc3)c2)C(=O)N1Cc1ccc(I)cc1. The Balaban J connectivity index is 1.43. The fraction of sp³-hybridized carbons (Fsp3) is 0.0833. The summed E-state index contributed by atoms with van der Waals surface area (Å²) in [5.41, 5.74) is 2.44. The molecule has 4 rings (SSSR count). The van der Waals surface area contributed by atoms with Gasteiger partial charge >= 0.3 is 0 Å². The highest BCUT2D eigenvalue weighted by molar-refractivity contribution is 14.1. The van der Waals surface area contributed by atoms with E-state index in [1.807, 2.05) is 30.3 Å². The minimum atomic E-state index is -0.448. The fourth-order valence-corrected chi connectivity index (χ4v) is 4.33. The molecule has 1 saturated heterocycles. The van der Waals surface area contributed by atoms with Crippen molar-refractivity contribution in [3.63, 3.8) is 0 Å². The Morgan fingerprint density at radius 3 is 2.39 bits per heavy atom. The molecular formula is C24H17IN2O5S. The molecule has 0 aromatic heterocycles. The van der Waals surface area contributed by atoms with Gasteiger partial charge in [-0.1, -0.05) is 24.3 Å². The second kappa shape index (κ2) is 10.2. The van der Waals surface area contributed by atoms with Gasteiger partial charge in [0.05, 0.1) is 16.4 Å². The zero-order chi connectivity index (χ0) is 23.4. The molecule has 33 heavy (non-hydrogen) atoms. The number of nitro benzene ring substituents is 1. The smallest absolute Gasteiger partial charge is 0.293 e. The number of non-ortho nitro benzene ring substituents is 1. The maximum atomic E-state index is 12.8. The van der Waals surface area contributed by atoms with Gasteiger partial charge in [0.1, 0.15) is 12.4 Å². The van der Waals surface area contributed by atoms with Gasteiger partial charge in [-0.05, 0) is 93.5 Å². The maximum absolute atomic E-state index is 12.8. The molecule has 0 radical (unpaired) electrons. The topological polar surface area (TPSA) is 89.7 Å². The highest BCUT2D eigenvalue weighted by Gasteiger charge is 2.34. The van der Waals surface area contributed by atoms with E-state index in [9.17, 15) is 19.7 Å². The lowest BCUT2D eigenvalue weighted by Gasteiger charge is -2.12. The van der Waals surface area contributed by atoms with Gasteiger partial charge < -0.3 is 4.74 Å². The molecule has 0 N–H and O–H groups in total. The Bertz CT molecular complexity index is 1240. The molecule has 0 unspecified atom stereocenters. The predicted octanol–water partition coefficient (Wildman–Crippen LogP) is 6.01. The summed E-state index contributed by atoms with van der Waals surface area (Å²) in [5.74, 6) is 0.265. The molecule has 0 spiro atoms. The van der Waals surface area contributed by atoms with E-state index in [4.69, 9.17) is 4.74 Å². The van der Waals surface area contributed by atoms with Gasteiger partial charge in [0, 0.05) is 15.7 Å². The number of carbonyl (C=O) groups excluding carboxylic acids is 2. The summed E-state index contributed by atoms with van der Waals surface area (Å²) in [4.78, 5) is 37.1. The van der Waals surface area contributed by atoms with Crippen molar-refractivity contribution in [1.29, 1.82) is 0 Å². The first kappa shape index (κ1) is 23.0. The van der Waals surface area contributed by atoms with Crippen molar-refractivity contribution in [3.8, 4) is 5.75 Å². The number of benzene rings is 3. The molecule has 0 aliphatic carbocycles. The van der Waals surface area contributed by atoms with Crippen LogP contribution in [-0.4, -0.2) is 21.0 Å². The maximum Gasteiger partial charge on any atom is 0.293 e. The lowest BCUT2D eigenvalue weighted by molar-refractivity contribution is -0.384. The van der Waals surface area contributed by atoms with E-state index in [1.165, 1.54) is 17.0 Å². The average molecular weight is 572 g/mol. The van der Waals surface area contributed by atoms with Crippen molar-refractivity contribution in [2.24, 2.45) is 0 Å². The minimum absolute atomic E-state index is 0.0247. The Morgan fingerprint density at radius 1 is 1.00 bits per heavy atom. The van der Waals surface area contributed by atoms with Crippen LogP contribution in [-0.2, 0) is 17.9 Å². The third kappa shape index (κ3) is 5.79. The number of amides is 2. The van der Waals surface area contributed by atoms with Gasteiger partial charge in [0.25, 0.3) is 16.8 Å². The summed E-state index contributed by atoms with van der Waals surface area (Å²) < 4.78 is 6.87. The molecule has 0 saturated carbocycles. The third-order valence-corrected chi connectivity index (χ3v) is 6.46. The number of carbonyl (C=O) groups is 2. The Kier molecular flexibility index (Phi) is 7.09. The Labute approximate surface area is 207 Å². The first-order valence-corrected chi connectivity index (χ1v) is 11.7. The molecule has 0 bridgehead atoms. The van der Waals surface area contributed by atoms with Gasteiger partial charge in [0.2, 0.25) is 0 Å². The summed E-state index contributed by atoms with van der Waals surface area (Å²) in [6, 6.07) is 21.0. The summed E-state index contributed by atoms with van der Waals surface area (Å²) >= 11 is 3.12. The molecule has 7 nitrogen and oxygen atoms in total. The molecule has 1 fully saturated rings. The van der Waals surface area contributed by atoms with E-state index in [1.54, 1.807) is 36.4 Å². The molecule has 9 heteroatoms. The largest absolute Gasteiger partial charge is 0.489 e. The molecule has 3 aromatic rings. The summed E-state index contributed by atoms with van der Waals surface area (Å²) in [7, 11) is 0. The highest BCUT2D eigenvalue weighted by Crippen LogP contribution is 2.33.